The van der Waals surface area contributed by atoms with Gasteiger partial charge >= 0.3 is 0 Å². The Hall–Kier alpha value is -1.66. The van der Waals surface area contributed by atoms with Crippen LogP contribution < -0.4 is 5.32 Å². The molecule has 1 aliphatic heterocycles. The highest BCUT2D eigenvalue weighted by Crippen LogP contribution is 2.20. The minimum atomic E-state index is -0.00471. The maximum absolute atomic E-state index is 11.9. The number of carbonyl (C=O) groups is 1. The molecule has 1 aromatic carbocycles. The number of carbonyl (C=O) groups excluding carboxylic acids is 1. The lowest BCUT2D eigenvalue weighted by molar-refractivity contribution is -0.119. The lowest BCUT2D eigenvalue weighted by Crippen LogP contribution is -2.32. The summed E-state index contributed by atoms with van der Waals surface area (Å²) in [6.07, 6.45) is 2.29. The summed E-state index contributed by atoms with van der Waals surface area (Å²) in [6, 6.07) is 7.90. The number of para-hydroxylation sites is 1. The van der Waals surface area contributed by atoms with E-state index < -0.39 is 0 Å². The van der Waals surface area contributed by atoms with E-state index in [0.29, 0.717) is 17.5 Å². The molecule has 116 valence electrons. The molecule has 2 aromatic rings. The Morgan fingerprint density at radius 3 is 3.09 bits per heavy atom. The fourth-order valence-corrected chi connectivity index (χ4v) is 3.21. The summed E-state index contributed by atoms with van der Waals surface area (Å²) in [7, 11) is 0. The number of ether oxygens (including phenoxy) is 1. The Kier molecular flexibility index (Phi) is 4.90. The van der Waals surface area contributed by atoms with Crippen LogP contribution in [0.4, 0.5) is 0 Å². The van der Waals surface area contributed by atoms with Crippen molar-refractivity contribution in [3.8, 4) is 0 Å². The molecule has 0 spiro atoms. The van der Waals surface area contributed by atoms with E-state index in [-0.39, 0.29) is 12.0 Å². The van der Waals surface area contributed by atoms with Crippen LogP contribution in [0.2, 0.25) is 0 Å². The molecule has 1 amide bonds. The van der Waals surface area contributed by atoms with Crippen LogP contribution in [-0.4, -0.2) is 40.9 Å². The lowest BCUT2D eigenvalue weighted by Gasteiger charge is -2.10. The molecular weight excluding hydrogens is 298 g/mol. The van der Waals surface area contributed by atoms with Crippen molar-refractivity contribution in [1.82, 2.24) is 15.3 Å². The Labute approximate surface area is 133 Å². The van der Waals surface area contributed by atoms with Gasteiger partial charge in [0.05, 0.1) is 17.4 Å². The predicted octanol–water partition coefficient (Wildman–Crippen LogP) is 2.33. The van der Waals surface area contributed by atoms with Crippen molar-refractivity contribution in [2.75, 3.05) is 18.9 Å². The van der Waals surface area contributed by atoms with Crippen molar-refractivity contribution in [1.29, 1.82) is 0 Å². The molecule has 1 fully saturated rings. The number of benzene rings is 1. The Bertz CT molecular complexity index is 671. The van der Waals surface area contributed by atoms with Crippen molar-refractivity contribution < 1.29 is 9.53 Å². The summed E-state index contributed by atoms with van der Waals surface area (Å²) >= 11 is 1.36. The van der Waals surface area contributed by atoms with Crippen LogP contribution in [0.25, 0.3) is 10.9 Å². The number of aryl methyl sites for hydroxylation is 1. The van der Waals surface area contributed by atoms with Gasteiger partial charge in [-0.25, -0.2) is 9.97 Å². The van der Waals surface area contributed by atoms with Crippen molar-refractivity contribution in [3.05, 3.63) is 30.0 Å². The number of rotatable bonds is 5. The first-order valence-corrected chi connectivity index (χ1v) is 8.45. The number of nitrogens with one attached hydrogen (secondary N) is 1. The lowest BCUT2D eigenvalue weighted by atomic mass is 10.2. The highest BCUT2D eigenvalue weighted by Gasteiger charge is 2.16. The van der Waals surface area contributed by atoms with Gasteiger partial charge < -0.3 is 10.1 Å². The number of hydrogen-bond donors (Lipinski definition) is 1. The number of nitrogens with zero attached hydrogens (tertiary/aromatic N) is 2. The third kappa shape index (κ3) is 3.75. The summed E-state index contributed by atoms with van der Waals surface area (Å²) in [4.78, 5) is 20.8. The average Bonchev–Trinajstić information content (AvgIpc) is 3.04. The van der Waals surface area contributed by atoms with Gasteiger partial charge in [-0.2, -0.15) is 0 Å². The Morgan fingerprint density at radius 1 is 1.41 bits per heavy atom. The smallest absolute Gasteiger partial charge is 0.230 e. The first-order chi connectivity index (χ1) is 10.7. The van der Waals surface area contributed by atoms with Gasteiger partial charge in [-0.05, 0) is 25.8 Å². The van der Waals surface area contributed by atoms with Gasteiger partial charge in [-0.1, -0.05) is 30.0 Å². The molecule has 1 N–H and O–H groups in total. The van der Waals surface area contributed by atoms with Crippen LogP contribution in [0, 0.1) is 6.92 Å². The average molecular weight is 317 g/mol. The van der Waals surface area contributed by atoms with Crippen LogP contribution in [0.5, 0.6) is 0 Å². The molecule has 2 heterocycles. The van der Waals surface area contributed by atoms with Gasteiger partial charge in [0.25, 0.3) is 0 Å². The standard InChI is InChI=1S/C16H19N3O2S/c1-11-13-6-2-3-7-14(13)19-16(18-11)22-10-15(20)17-9-12-5-4-8-21-12/h2-3,6-7,12H,4-5,8-10H2,1H3,(H,17,20)/t12-/m0/s1. The number of hydrogen-bond acceptors (Lipinski definition) is 5. The zero-order valence-electron chi connectivity index (χ0n) is 12.5. The predicted molar refractivity (Wildman–Crippen MR) is 87.0 cm³/mol. The third-order valence-corrected chi connectivity index (χ3v) is 4.50. The van der Waals surface area contributed by atoms with Crippen LogP contribution >= 0.6 is 11.8 Å². The summed E-state index contributed by atoms with van der Waals surface area (Å²) in [6.45, 7) is 3.36. The van der Waals surface area contributed by atoms with Gasteiger partial charge in [0.1, 0.15) is 0 Å². The molecule has 0 aliphatic carbocycles. The molecule has 0 unspecified atom stereocenters. The quantitative estimate of drug-likeness (QED) is 0.677. The Balaban J connectivity index is 1.55. The molecule has 22 heavy (non-hydrogen) atoms. The van der Waals surface area contributed by atoms with Crippen LogP contribution in [0.3, 0.4) is 0 Å². The molecule has 0 saturated carbocycles. The fraction of sp³-hybridized carbons (Fsp3) is 0.438. The van der Waals surface area contributed by atoms with Crippen molar-refractivity contribution >= 4 is 28.6 Å². The second kappa shape index (κ2) is 7.07. The SMILES string of the molecule is Cc1nc(SCC(=O)NC[C@@H]2CCCO2)nc2ccccc12. The van der Waals surface area contributed by atoms with Crippen LogP contribution in [-0.2, 0) is 9.53 Å². The van der Waals surface area contributed by atoms with E-state index in [1.54, 1.807) is 0 Å². The van der Waals surface area contributed by atoms with E-state index in [0.717, 1.165) is 36.0 Å². The van der Waals surface area contributed by atoms with E-state index >= 15 is 0 Å². The van der Waals surface area contributed by atoms with E-state index in [1.807, 2.05) is 31.2 Å². The van der Waals surface area contributed by atoms with Gasteiger partial charge in [0.15, 0.2) is 5.16 Å². The Morgan fingerprint density at radius 2 is 2.27 bits per heavy atom. The second-order valence-corrected chi connectivity index (χ2v) is 6.28. The molecule has 1 saturated heterocycles. The molecule has 3 rings (SSSR count). The molecule has 5 nitrogen and oxygen atoms in total. The van der Waals surface area contributed by atoms with E-state index in [1.165, 1.54) is 11.8 Å². The van der Waals surface area contributed by atoms with E-state index in [9.17, 15) is 4.79 Å². The first-order valence-electron chi connectivity index (χ1n) is 7.47. The normalized spacial score (nSPS) is 17.8. The van der Waals surface area contributed by atoms with E-state index in [4.69, 9.17) is 4.74 Å². The maximum Gasteiger partial charge on any atom is 0.230 e. The minimum absolute atomic E-state index is 0.00471. The summed E-state index contributed by atoms with van der Waals surface area (Å²) in [5.41, 5.74) is 1.85. The molecule has 1 aliphatic rings. The maximum atomic E-state index is 11.9. The molecule has 0 radical (unpaired) electrons. The summed E-state index contributed by atoms with van der Waals surface area (Å²) in [5.74, 6) is 0.319. The van der Waals surface area contributed by atoms with Crippen molar-refractivity contribution in [2.45, 2.75) is 31.0 Å². The van der Waals surface area contributed by atoms with Gasteiger partial charge in [-0.15, -0.1) is 0 Å². The number of amides is 1. The molecule has 1 atom stereocenters. The van der Waals surface area contributed by atoms with E-state index in [2.05, 4.69) is 15.3 Å². The monoisotopic (exact) mass is 317 g/mol. The van der Waals surface area contributed by atoms with Crippen molar-refractivity contribution in [2.24, 2.45) is 0 Å². The first kappa shape index (κ1) is 15.2. The van der Waals surface area contributed by atoms with Crippen LogP contribution in [0.1, 0.15) is 18.5 Å². The second-order valence-electron chi connectivity index (χ2n) is 5.34. The highest BCUT2D eigenvalue weighted by atomic mass is 32.2. The zero-order chi connectivity index (χ0) is 15.4. The number of thioether (sulfide) groups is 1. The molecule has 6 heteroatoms. The topological polar surface area (TPSA) is 64.1 Å². The summed E-state index contributed by atoms with van der Waals surface area (Å²) in [5, 5.41) is 4.60. The van der Waals surface area contributed by atoms with Crippen molar-refractivity contribution in [3.63, 3.8) is 0 Å². The molecule has 0 bridgehead atoms. The highest BCUT2D eigenvalue weighted by molar-refractivity contribution is 7.99. The van der Waals surface area contributed by atoms with Gasteiger partial charge in [0, 0.05) is 24.2 Å². The molecular formula is C16H19N3O2S. The van der Waals surface area contributed by atoms with Gasteiger partial charge in [-0.3, -0.25) is 4.79 Å². The molecule has 1 aromatic heterocycles. The fourth-order valence-electron chi connectivity index (χ4n) is 2.49. The zero-order valence-corrected chi connectivity index (χ0v) is 13.4. The largest absolute Gasteiger partial charge is 0.376 e. The third-order valence-electron chi connectivity index (χ3n) is 3.66. The van der Waals surface area contributed by atoms with Crippen LogP contribution in [0.15, 0.2) is 29.4 Å². The van der Waals surface area contributed by atoms with Gasteiger partial charge in [0.2, 0.25) is 5.91 Å². The number of fused-ring (bicyclic) bond motifs is 1. The minimum Gasteiger partial charge on any atom is -0.376 e. The number of aromatic nitrogens is 2. The summed E-state index contributed by atoms with van der Waals surface area (Å²) < 4.78 is 5.48.